The van der Waals surface area contributed by atoms with E-state index in [1.165, 1.54) is 0 Å². The van der Waals surface area contributed by atoms with Gasteiger partial charge < -0.3 is 15.0 Å². The van der Waals surface area contributed by atoms with Crippen LogP contribution >= 0.6 is 23.2 Å². The molecule has 0 fully saturated rings. The minimum atomic E-state index is -0.285. The van der Waals surface area contributed by atoms with Gasteiger partial charge in [0, 0.05) is 30.9 Å². The second kappa shape index (κ2) is 7.33. The molecule has 0 saturated carbocycles. The Morgan fingerprint density at radius 1 is 1.16 bits per heavy atom. The highest BCUT2D eigenvalue weighted by Gasteiger charge is 2.22. The summed E-state index contributed by atoms with van der Waals surface area (Å²) in [6.07, 6.45) is 0.776. The molecule has 25 heavy (non-hydrogen) atoms. The van der Waals surface area contributed by atoms with E-state index in [0.29, 0.717) is 28.0 Å². The zero-order chi connectivity index (χ0) is 18.0. The molecular weight excluding hydrogens is 363 g/mol. The van der Waals surface area contributed by atoms with Gasteiger partial charge in [0.2, 0.25) is 5.91 Å². The van der Waals surface area contributed by atoms with E-state index in [1.807, 2.05) is 12.1 Å². The molecule has 1 heterocycles. The molecule has 1 aliphatic rings. The molecule has 0 radical (unpaired) electrons. The van der Waals surface area contributed by atoms with Crippen molar-refractivity contribution >= 4 is 46.4 Å². The Kier molecular flexibility index (Phi) is 5.16. The molecule has 2 amide bonds. The highest BCUT2D eigenvalue weighted by atomic mass is 35.5. The number of carbonyl (C=O) groups excluding carboxylic acids is 2. The third kappa shape index (κ3) is 4.06. The molecule has 1 aliphatic heterocycles. The van der Waals surface area contributed by atoms with Crippen LogP contribution in [0, 0.1) is 0 Å². The lowest BCUT2D eigenvalue weighted by Crippen LogP contribution is -2.25. The number of anilines is 2. The van der Waals surface area contributed by atoms with E-state index in [-0.39, 0.29) is 18.4 Å². The highest BCUT2D eigenvalue weighted by Crippen LogP contribution is 2.30. The standard InChI is InChI=1S/C18H16Cl2N2O3/c1-11(23)22-7-6-12-8-13(2-5-17(12)22)21-18(24)10-25-14-3-4-15(19)16(20)9-14/h2-5,8-9H,6-7,10H2,1H3,(H,21,24). The first-order valence-corrected chi connectivity index (χ1v) is 8.48. The maximum absolute atomic E-state index is 12.1. The minimum Gasteiger partial charge on any atom is -0.484 e. The molecule has 0 saturated heterocycles. The second-order valence-electron chi connectivity index (χ2n) is 5.68. The zero-order valence-electron chi connectivity index (χ0n) is 13.5. The Morgan fingerprint density at radius 3 is 2.68 bits per heavy atom. The highest BCUT2D eigenvalue weighted by molar-refractivity contribution is 6.42. The maximum atomic E-state index is 12.1. The molecule has 2 aromatic carbocycles. The zero-order valence-corrected chi connectivity index (χ0v) is 15.0. The Labute approximate surface area is 155 Å². The number of halogens is 2. The summed E-state index contributed by atoms with van der Waals surface area (Å²) >= 11 is 11.7. The van der Waals surface area contributed by atoms with Gasteiger partial charge in [-0.1, -0.05) is 23.2 Å². The van der Waals surface area contributed by atoms with Gasteiger partial charge in [-0.05, 0) is 42.3 Å². The lowest BCUT2D eigenvalue weighted by Gasteiger charge is -2.15. The average molecular weight is 379 g/mol. The number of amides is 2. The molecule has 5 nitrogen and oxygen atoms in total. The average Bonchev–Trinajstić information content (AvgIpc) is 2.99. The molecular formula is C18H16Cl2N2O3. The lowest BCUT2D eigenvalue weighted by atomic mass is 10.1. The monoisotopic (exact) mass is 378 g/mol. The maximum Gasteiger partial charge on any atom is 0.262 e. The van der Waals surface area contributed by atoms with E-state index in [0.717, 1.165) is 17.7 Å². The molecule has 130 valence electrons. The number of nitrogens with one attached hydrogen (secondary N) is 1. The van der Waals surface area contributed by atoms with Gasteiger partial charge in [-0.15, -0.1) is 0 Å². The minimum absolute atomic E-state index is 0.0190. The van der Waals surface area contributed by atoms with Crippen molar-refractivity contribution < 1.29 is 14.3 Å². The van der Waals surface area contributed by atoms with Gasteiger partial charge in [0.25, 0.3) is 5.91 Å². The van der Waals surface area contributed by atoms with Gasteiger partial charge in [-0.3, -0.25) is 9.59 Å². The van der Waals surface area contributed by atoms with Crippen molar-refractivity contribution in [3.05, 3.63) is 52.0 Å². The van der Waals surface area contributed by atoms with E-state index in [2.05, 4.69) is 5.32 Å². The number of hydrogen-bond donors (Lipinski definition) is 1. The van der Waals surface area contributed by atoms with Crippen molar-refractivity contribution in [2.75, 3.05) is 23.4 Å². The smallest absolute Gasteiger partial charge is 0.262 e. The lowest BCUT2D eigenvalue weighted by molar-refractivity contribution is -0.118. The molecule has 7 heteroatoms. The fourth-order valence-corrected chi connectivity index (χ4v) is 3.01. The summed E-state index contributed by atoms with van der Waals surface area (Å²) in [6, 6.07) is 10.3. The van der Waals surface area contributed by atoms with E-state index in [4.69, 9.17) is 27.9 Å². The first kappa shape index (κ1) is 17.6. The topological polar surface area (TPSA) is 58.6 Å². The largest absolute Gasteiger partial charge is 0.484 e. The number of nitrogens with zero attached hydrogens (tertiary/aromatic N) is 1. The van der Waals surface area contributed by atoms with E-state index in [1.54, 1.807) is 36.1 Å². The summed E-state index contributed by atoms with van der Waals surface area (Å²) in [4.78, 5) is 25.3. The number of fused-ring (bicyclic) bond motifs is 1. The predicted molar refractivity (Wildman–Crippen MR) is 98.8 cm³/mol. The Hall–Kier alpha value is -2.24. The summed E-state index contributed by atoms with van der Waals surface area (Å²) in [5.74, 6) is 0.202. The fourth-order valence-electron chi connectivity index (χ4n) is 2.72. The van der Waals surface area contributed by atoms with E-state index < -0.39 is 0 Å². The number of rotatable bonds is 4. The van der Waals surface area contributed by atoms with Crippen LogP contribution in [-0.4, -0.2) is 25.0 Å². The molecule has 0 aromatic heterocycles. The molecule has 0 unspecified atom stereocenters. The molecule has 0 aliphatic carbocycles. The summed E-state index contributed by atoms with van der Waals surface area (Å²) in [5.41, 5.74) is 2.61. The van der Waals surface area contributed by atoms with Crippen molar-refractivity contribution in [2.45, 2.75) is 13.3 Å². The van der Waals surface area contributed by atoms with Crippen LogP contribution in [0.3, 0.4) is 0 Å². The number of hydrogen-bond acceptors (Lipinski definition) is 3. The van der Waals surface area contributed by atoms with Crippen molar-refractivity contribution in [1.82, 2.24) is 0 Å². The molecule has 0 spiro atoms. The Bertz CT molecular complexity index is 839. The summed E-state index contributed by atoms with van der Waals surface area (Å²) in [5, 5.41) is 3.58. The van der Waals surface area contributed by atoms with Crippen LogP contribution in [0.5, 0.6) is 5.75 Å². The van der Waals surface area contributed by atoms with Crippen molar-refractivity contribution in [3.63, 3.8) is 0 Å². The van der Waals surface area contributed by atoms with Gasteiger partial charge >= 0.3 is 0 Å². The van der Waals surface area contributed by atoms with E-state index >= 15 is 0 Å². The van der Waals surface area contributed by atoms with Crippen molar-refractivity contribution in [1.29, 1.82) is 0 Å². The van der Waals surface area contributed by atoms with Crippen molar-refractivity contribution in [2.24, 2.45) is 0 Å². The first-order chi connectivity index (χ1) is 11.9. The van der Waals surface area contributed by atoms with Gasteiger partial charge in [-0.25, -0.2) is 0 Å². The molecule has 2 aromatic rings. The molecule has 3 rings (SSSR count). The first-order valence-electron chi connectivity index (χ1n) is 7.73. The Morgan fingerprint density at radius 2 is 1.96 bits per heavy atom. The van der Waals surface area contributed by atoms with Crippen LogP contribution in [0.1, 0.15) is 12.5 Å². The van der Waals surface area contributed by atoms with Gasteiger partial charge in [0.05, 0.1) is 10.0 Å². The molecule has 0 atom stereocenters. The van der Waals surface area contributed by atoms with Crippen LogP contribution in [-0.2, 0) is 16.0 Å². The van der Waals surface area contributed by atoms with Crippen LogP contribution in [0.4, 0.5) is 11.4 Å². The quantitative estimate of drug-likeness (QED) is 0.876. The Balaban J connectivity index is 1.60. The SMILES string of the molecule is CC(=O)N1CCc2cc(NC(=O)COc3ccc(Cl)c(Cl)c3)ccc21. The molecule has 0 bridgehead atoms. The third-order valence-electron chi connectivity index (χ3n) is 3.90. The van der Waals surface area contributed by atoms with Crippen LogP contribution in [0.2, 0.25) is 10.0 Å². The number of carbonyl (C=O) groups is 2. The molecule has 1 N–H and O–H groups in total. The summed E-state index contributed by atoms with van der Waals surface area (Å²) < 4.78 is 5.41. The van der Waals surface area contributed by atoms with Gasteiger partial charge in [0.1, 0.15) is 5.75 Å². The van der Waals surface area contributed by atoms with Gasteiger partial charge in [0.15, 0.2) is 6.61 Å². The second-order valence-corrected chi connectivity index (χ2v) is 6.49. The van der Waals surface area contributed by atoms with Crippen LogP contribution in [0.15, 0.2) is 36.4 Å². The predicted octanol–water partition coefficient (Wildman–Crippen LogP) is 3.92. The fraction of sp³-hybridized carbons (Fsp3) is 0.222. The normalized spacial score (nSPS) is 12.7. The third-order valence-corrected chi connectivity index (χ3v) is 4.64. The summed E-state index contributed by atoms with van der Waals surface area (Å²) in [6.45, 7) is 2.07. The number of ether oxygens (including phenoxy) is 1. The number of benzene rings is 2. The summed E-state index contributed by atoms with van der Waals surface area (Å²) in [7, 11) is 0. The van der Waals surface area contributed by atoms with Crippen LogP contribution < -0.4 is 15.0 Å². The van der Waals surface area contributed by atoms with E-state index in [9.17, 15) is 9.59 Å². The van der Waals surface area contributed by atoms with Crippen molar-refractivity contribution in [3.8, 4) is 5.75 Å². The van der Waals surface area contributed by atoms with Crippen LogP contribution in [0.25, 0.3) is 0 Å². The van der Waals surface area contributed by atoms with Gasteiger partial charge in [-0.2, -0.15) is 0 Å².